The molecule has 0 spiro atoms. The van der Waals surface area contributed by atoms with Gasteiger partial charge < -0.3 is 10.4 Å². The number of fused-ring (bicyclic) bond motifs is 1. The van der Waals surface area contributed by atoms with Gasteiger partial charge in [-0.2, -0.15) is 0 Å². The maximum Gasteiger partial charge on any atom is 0.254 e. The SMILES string of the molecule is Cl.O.O=C(CN1CCC(CN2Cc3ccccc3C2=O)CC1)c1ccc(F)cc1. The number of ketones is 1. The molecule has 4 rings (SSSR count). The number of hydrogen-bond donors (Lipinski definition) is 0. The molecule has 0 bridgehead atoms. The maximum absolute atomic E-state index is 13.0. The second-order valence-corrected chi connectivity index (χ2v) is 7.49. The smallest absolute Gasteiger partial charge is 0.254 e. The Balaban J connectivity index is 0.00000150. The van der Waals surface area contributed by atoms with Gasteiger partial charge in [-0.1, -0.05) is 18.2 Å². The summed E-state index contributed by atoms with van der Waals surface area (Å²) in [5.41, 5.74) is 2.50. The minimum atomic E-state index is -0.328. The summed E-state index contributed by atoms with van der Waals surface area (Å²) in [6, 6.07) is 13.6. The van der Waals surface area contributed by atoms with Crippen LogP contribution in [0.25, 0.3) is 0 Å². The van der Waals surface area contributed by atoms with Crippen LogP contribution in [0.4, 0.5) is 4.39 Å². The molecule has 0 saturated carbocycles. The largest absolute Gasteiger partial charge is 0.412 e. The van der Waals surface area contributed by atoms with Gasteiger partial charge >= 0.3 is 0 Å². The van der Waals surface area contributed by atoms with Gasteiger partial charge in [0.25, 0.3) is 5.91 Å². The van der Waals surface area contributed by atoms with Crippen molar-refractivity contribution in [3.63, 3.8) is 0 Å². The first kappa shape index (κ1) is 23.0. The number of amides is 1. The highest BCUT2D eigenvalue weighted by atomic mass is 35.5. The van der Waals surface area contributed by atoms with Gasteiger partial charge in [-0.05, 0) is 67.7 Å². The Bertz CT molecular complexity index is 851. The number of carbonyl (C=O) groups is 2. The number of benzene rings is 2. The number of piperidine rings is 1. The number of likely N-dealkylation sites (tertiary alicyclic amines) is 1. The predicted molar refractivity (Wildman–Crippen MR) is 112 cm³/mol. The van der Waals surface area contributed by atoms with Crippen molar-refractivity contribution in [1.29, 1.82) is 0 Å². The van der Waals surface area contributed by atoms with Crippen molar-refractivity contribution >= 4 is 24.1 Å². The quantitative estimate of drug-likeness (QED) is 0.698. The fraction of sp³-hybridized carbons (Fsp3) is 0.364. The van der Waals surface area contributed by atoms with Crippen LogP contribution in [0.15, 0.2) is 48.5 Å². The molecule has 2 aromatic rings. The third-order valence-electron chi connectivity index (χ3n) is 5.62. The van der Waals surface area contributed by atoms with Crippen molar-refractivity contribution in [2.24, 2.45) is 5.92 Å². The summed E-state index contributed by atoms with van der Waals surface area (Å²) >= 11 is 0. The Morgan fingerprint density at radius 2 is 1.69 bits per heavy atom. The molecule has 2 heterocycles. The van der Waals surface area contributed by atoms with Gasteiger partial charge in [0.2, 0.25) is 0 Å². The van der Waals surface area contributed by atoms with Gasteiger partial charge in [-0.3, -0.25) is 14.5 Å². The number of hydrogen-bond acceptors (Lipinski definition) is 3. The van der Waals surface area contributed by atoms with E-state index < -0.39 is 0 Å². The van der Waals surface area contributed by atoms with Gasteiger partial charge in [0, 0.05) is 24.2 Å². The zero-order chi connectivity index (χ0) is 18.8. The average Bonchev–Trinajstić information content (AvgIpc) is 3.00. The molecule has 1 saturated heterocycles. The van der Waals surface area contributed by atoms with Gasteiger partial charge in [-0.25, -0.2) is 4.39 Å². The summed E-state index contributed by atoms with van der Waals surface area (Å²) in [5.74, 6) is 0.310. The molecule has 5 nitrogen and oxygen atoms in total. The van der Waals surface area contributed by atoms with E-state index in [0.717, 1.165) is 43.6 Å². The molecule has 2 aromatic carbocycles. The third kappa shape index (κ3) is 5.21. The van der Waals surface area contributed by atoms with E-state index in [1.807, 2.05) is 29.2 Å². The van der Waals surface area contributed by atoms with Crippen LogP contribution >= 0.6 is 12.4 Å². The van der Waals surface area contributed by atoms with E-state index in [1.165, 1.54) is 12.1 Å². The molecule has 2 N–H and O–H groups in total. The van der Waals surface area contributed by atoms with E-state index in [1.54, 1.807) is 12.1 Å². The lowest BCUT2D eigenvalue weighted by atomic mass is 9.95. The molecule has 0 atom stereocenters. The Labute approximate surface area is 176 Å². The molecule has 1 fully saturated rings. The number of nitrogens with zero attached hydrogens (tertiary/aromatic N) is 2. The van der Waals surface area contributed by atoms with Gasteiger partial charge in [-0.15, -0.1) is 12.4 Å². The Morgan fingerprint density at radius 3 is 2.34 bits per heavy atom. The first-order valence-corrected chi connectivity index (χ1v) is 9.48. The molecule has 1 amide bonds. The zero-order valence-electron chi connectivity index (χ0n) is 16.1. The van der Waals surface area contributed by atoms with Crippen LogP contribution in [0, 0.1) is 11.7 Å². The predicted octanol–water partition coefficient (Wildman–Crippen LogP) is 2.97. The Morgan fingerprint density at radius 1 is 1.03 bits per heavy atom. The molecule has 0 aromatic heterocycles. The van der Waals surface area contributed by atoms with E-state index in [2.05, 4.69) is 4.90 Å². The lowest BCUT2D eigenvalue weighted by molar-refractivity contribution is 0.0707. The second-order valence-electron chi connectivity index (χ2n) is 7.49. The second kappa shape index (κ2) is 9.96. The number of halogens is 2. The molecule has 29 heavy (non-hydrogen) atoms. The summed E-state index contributed by atoms with van der Waals surface area (Å²) in [4.78, 5) is 29.0. The van der Waals surface area contributed by atoms with Crippen LogP contribution < -0.4 is 0 Å². The molecule has 0 aliphatic carbocycles. The molecule has 2 aliphatic rings. The van der Waals surface area contributed by atoms with Gasteiger partial charge in [0.15, 0.2) is 5.78 Å². The number of rotatable bonds is 5. The standard InChI is InChI=1S/C22H23FN2O2.ClH.H2O/c23-19-7-5-17(6-8-19)21(26)15-24-11-9-16(10-12-24)13-25-14-18-3-1-2-4-20(18)22(25)27;;/h1-8,16H,9-15H2;1H;1H2. The molecular weight excluding hydrogens is 395 g/mol. The van der Waals surface area contributed by atoms with Gasteiger partial charge in [0.1, 0.15) is 5.82 Å². The molecule has 2 aliphatic heterocycles. The van der Waals surface area contributed by atoms with Crippen LogP contribution in [-0.2, 0) is 6.54 Å². The highest BCUT2D eigenvalue weighted by Gasteiger charge is 2.30. The van der Waals surface area contributed by atoms with Crippen molar-refractivity contribution in [3.8, 4) is 0 Å². The van der Waals surface area contributed by atoms with Crippen molar-refractivity contribution in [1.82, 2.24) is 9.80 Å². The minimum Gasteiger partial charge on any atom is -0.412 e. The third-order valence-corrected chi connectivity index (χ3v) is 5.62. The lowest BCUT2D eigenvalue weighted by Gasteiger charge is -2.33. The van der Waals surface area contributed by atoms with E-state index in [9.17, 15) is 14.0 Å². The molecule has 0 unspecified atom stereocenters. The van der Waals surface area contributed by atoms with Crippen LogP contribution in [-0.4, -0.2) is 53.1 Å². The summed E-state index contributed by atoms with van der Waals surface area (Å²) in [6.07, 6.45) is 1.97. The number of carbonyl (C=O) groups excluding carboxylic acids is 2. The zero-order valence-corrected chi connectivity index (χ0v) is 17.0. The summed E-state index contributed by atoms with van der Waals surface area (Å²) in [6.45, 7) is 3.57. The van der Waals surface area contributed by atoms with Crippen LogP contribution in [0.5, 0.6) is 0 Å². The van der Waals surface area contributed by atoms with Crippen molar-refractivity contribution in [2.45, 2.75) is 19.4 Å². The first-order chi connectivity index (χ1) is 13.1. The fourth-order valence-electron chi connectivity index (χ4n) is 4.03. The fourth-order valence-corrected chi connectivity index (χ4v) is 4.03. The van der Waals surface area contributed by atoms with Crippen LogP contribution in [0.3, 0.4) is 0 Å². The molecule has 7 heteroatoms. The highest BCUT2D eigenvalue weighted by Crippen LogP contribution is 2.26. The van der Waals surface area contributed by atoms with Crippen molar-refractivity contribution in [2.75, 3.05) is 26.2 Å². The summed E-state index contributed by atoms with van der Waals surface area (Å²) in [5, 5.41) is 0. The van der Waals surface area contributed by atoms with E-state index in [4.69, 9.17) is 0 Å². The molecule has 156 valence electrons. The topological polar surface area (TPSA) is 72.1 Å². The Kier molecular flexibility index (Phi) is 7.90. The summed E-state index contributed by atoms with van der Waals surface area (Å²) in [7, 11) is 0. The van der Waals surface area contributed by atoms with E-state index in [0.29, 0.717) is 24.6 Å². The minimum absolute atomic E-state index is 0. The van der Waals surface area contributed by atoms with Crippen LogP contribution in [0.1, 0.15) is 39.1 Å². The van der Waals surface area contributed by atoms with Crippen molar-refractivity contribution in [3.05, 3.63) is 71.0 Å². The molecular formula is C22H26ClFN2O3. The monoisotopic (exact) mass is 420 g/mol. The Hall–Kier alpha value is -2.28. The van der Waals surface area contributed by atoms with Crippen LogP contribution in [0.2, 0.25) is 0 Å². The lowest BCUT2D eigenvalue weighted by Crippen LogP contribution is -2.40. The maximum atomic E-state index is 13.0. The normalized spacial score (nSPS) is 16.7. The van der Waals surface area contributed by atoms with E-state index >= 15 is 0 Å². The highest BCUT2D eigenvalue weighted by molar-refractivity contribution is 5.98. The first-order valence-electron chi connectivity index (χ1n) is 9.48. The van der Waals surface area contributed by atoms with E-state index in [-0.39, 0.29) is 35.4 Å². The summed E-state index contributed by atoms with van der Waals surface area (Å²) < 4.78 is 13.0. The number of Topliss-reactive ketones (excluding diaryl/α,β-unsaturated/α-hetero) is 1. The average molecular weight is 421 g/mol. The van der Waals surface area contributed by atoms with Gasteiger partial charge in [0.05, 0.1) is 6.54 Å². The van der Waals surface area contributed by atoms with Crippen molar-refractivity contribution < 1.29 is 19.5 Å². The molecule has 0 radical (unpaired) electrons.